The number of aryl methyl sites for hydroxylation is 1. The molecular weight excluding hydrogens is 304 g/mol. The average molecular weight is 319 g/mol. The van der Waals surface area contributed by atoms with Gasteiger partial charge in [-0.15, -0.1) is 0 Å². The van der Waals surface area contributed by atoms with E-state index in [1.165, 1.54) is 0 Å². The van der Waals surface area contributed by atoms with Crippen LogP contribution in [0.4, 0.5) is 11.4 Å². The van der Waals surface area contributed by atoms with Crippen LogP contribution in [0.1, 0.15) is 15.9 Å². The van der Waals surface area contributed by atoms with E-state index in [2.05, 4.69) is 5.32 Å². The van der Waals surface area contributed by atoms with E-state index in [4.69, 9.17) is 22.1 Å². The average Bonchev–Trinajstić information content (AvgIpc) is 2.47. The third-order valence-electron chi connectivity index (χ3n) is 2.99. The molecule has 0 radical (unpaired) electrons. The van der Waals surface area contributed by atoms with Gasteiger partial charge in [-0.1, -0.05) is 29.8 Å². The zero-order valence-corrected chi connectivity index (χ0v) is 12.7. The number of rotatable bonds is 4. The van der Waals surface area contributed by atoms with Gasteiger partial charge in [0.1, 0.15) is 0 Å². The molecule has 2 aromatic carbocycles. The molecule has 0 unspecified atom stereocenters. The summed E-state index contributed by atoms with van der Waals surface area (Å²) in [7, 11) is 0. The van der Waals surface area contributed by atoms with E-state index in [-0.39, 0.29) is 5.56 Å². The molecule has 0 spiro atoms. The van der Waals surface area contributed by atoms with E-state index in [1.807, 2.05) is 0 Å². The summed E-state index contributed by atoms with van der Waals surface area (Å²) in [6.45, 7) is 1.39. The van der Waals surface area contributed by atoms with E-state index >= 15 is 0 Å². The van der Waals surface area contributed by atoms with Crippen molar-refractivity contribution in [2.75, 3.05) is 17.7 Å². The highest BCUT2D eigenvalue weighted by Gasteiger charge is 2.14. The van der Waals surface area contributed by atoms with Crippen LogP contribution in [0.2, 0.25) is 5.02 Å². The van der Waals surface area contributed by atoms with Crippen LogP contribution in [0.5, 0.6) is 0 Å². The lowest BCUT2D eigenvalue weighted by Crippen LogP contribution is -2.21. The number of nitrogens with two attached hydrogens (primary N) is 1. The first-order valence-corrected chi connectivity index (χ1v) is 6.93. The summed E-state index contributed by atoms with van der Waals surface area (Å²) < 4.78 is 4.96. The Kier molecular flexibility index (Phi) is 5.01. The molecule has 0 atom stereocenters. The van der Waals surface area contributed by atoms with E-state index < -0.39 is 18.5 Å². The van der Waals surface area contributed by atoms with Crippen molar-refractivity contribution in [3.63, 3.8) is 0 Å². The van der Waals surface area contributed by atoms with Crippen LogP contribution in [-0.4, -0.2) is 18.5 Å². The first-order valence-electron chi connectivity index (χ1n) is 6.55. The molecule has 1 amide bonds. The van der Waals surface area contributed by atoms with Crippen molar-refractivity contribution in [1.29, 1.82) is 0 Å². The number of carbonyl (C=O) groups is 2. The second-order valence-electron chi connectivity index (χ2n) is 4.67. The van der Waals surface area contributed by atoms with Gasteiger partial charge in [0.05, 0.1) is 5.56 Å². The maximum Gasteiger partial charge on any atom is 0.340 e. The summed E-state index contributed by atoms with van der Waals surface area (Å²) in [5, 5.41) is 3.09. The van der Waals surface area contributed by atoms with Gasteiger partial charge >= 0.3 is 5.97 Å². The molecule has 6 heteroatoms. The van der Waals surface area contributed by atoms with Crippen LogP contribution in [0.15, 0.2) is 42.5 Å². The number of nitrogen functional groups attached to an aromatic ring is 1. The predicted molar refractivity (Wildman–Crippen MR) is 86.0 cm³/mol. The highest BCUT2D eigenvalue weighted by atomic mass is 35.5. The van der Waals surface area contributed by atoms with E-state index in [0.717, 1.165) is 5.56 Å². The Balaban J connectivity index is 1.93. The predicted octanol–water partition coefficient (Wildman–Crippen LogP) is 3.03. The van der Waals surface area contributed by atoms with Crippen LogP contribution < -0.4 is 11.1 Å². The smallest absolute Gasteiger partial charge is 0.340 e. The largest absolute Gasteiger partial charge is 0.452 e. The minimum absolute atomic E-state index is 0.246. The minimum atomic E-state index is -0.637. The van der Waals surface area contributed by atoms with Gasteiger partial charge < -0.3 is 15.8 Å². The maximum atomic E-state index is 11.9. The Hall–Kier alpha value is -2.53. The number of ether oxygens (including phenoxy) is 1. The number of amides is 1. The van der Waals surface area contributed by atoms with Gasteiger partial charge in [0.2, 0.25) is 0 Å². The number of carbonyl (C=O) groups excluding carboxylic acids is 2. The number of esters is 1. The second kappa shape index (κ2) is 6.95. The first kappa shape index (κ1) is 15.9. The molecule has 0 aliphatic heterocycles. The van der Waals surface area contributed by atoms with Crippen LogP contribution in [0.3, 0.4) is 0 Å². The number of para-hydroxylation sites is 1. The highest BCUT2D eigenvalue weighted by molar-refractivity contribution is 6.30. The zero-order chi connectivity index (χ0) is 16.1. The van der Waals surface area contributed by atoms with Crippen molar-refractivity contribution >= 4 is 34.9 Å². The van der Waals surface area contributed by atoms with Gasteiger partial charge in [0, 0.05) is 16.4 Å². The van der Waals surface area contributed by atoms with Crippen molar-refractivity contribution in [2.45, 2.75) is 6.92 Å². The molecule has 5 nitrogen and oxygen atoms in total. The lowest BCUT2D eigenvalue weighted by molar-refractivity contribution is -0.119. The maximum absolute atomic E-state index is 11.9. The molecule has 2 aromatic rings. The van der Waals surface area contributed by atoms with Crippen molar-refractivity contribution < 1.29 is 14.3 Å². The fraction of sp³-hybridized carbons (Fsp3) is 0.125. The molecule has 0 saturated carbocycles. The number of anilines is 2. The topological polar surface area (TPSA) is 81.4 Å². The SMILES string of the molecule is Cc1cccc(C(=O)OCC(=O)Nc2cccc(Cl)c2)c1N. The quantitative estimate of drug-likeness (QED) is 0.670. The van der Waals surface area contributed by atoms with Gasteiger partial charge in [0.15, 0.2) is 6.61 Å². The van der Waals surface area contributed by atoms with E-state index in [1.54, 1.807) is 49.4 Å². The van der Waals surface area contributed by atoms with Gasteiger partial charge in [0.25, 0.3) is 5.91 Å². The zero-order valence-electron chi connectivity index (χ0n) is 11.9. The highest BCUT2D eigenvalue weighted by Crippen LogP contribution is 2.17. The van der Waals surface area contributed by atoms with Crippen LogP contribution in [0, 0.1) is 6.92 Å². The van der Waals surface area contributed by atoms with E-state index in [0.29, 0.717) is 16.4 Å². The standard InChI is InChI=1S/C16H15ClN2O3/c1-10-4-2-7-13(15(10)18)16(21)22-9-14(20)19-12-6-3-5-11(17)8-12/h2-8H,9,18H2,1H3,(H,19,20). The number of halogens is 1. The number of nitrogens with one attached hydrogen (secondary N) is 1. The summed E-state index contributed by atoms with van der Waals surface area (Å²) >= 11 is 5.82. The third-order valence-corrected chi connectivity index (χ3v) is 3.22. The van der Waals surface area contributed by atoms with Crippen LogP contribution in [-0.2, 0) is 9.53 Å². The summed E-state index contributed by atoms with van der Waals surface area (Å²) in [6, 6.07) is 11.7. The molecule has 0 aliphatic carbocycles. The molecule has 2 rings (SSSR count). The molecule has 0 aliphatic rings. The summed E-state index contributed by atoms with van der Waals surface area (Å²) in [6.07, 6.45) is 0. The van der Waals surface area contributed by atoms with Crippen molar-refractivity contribution in [2.24, 2.45) is 0 Å². The third kappa shape index (κ3) is 3.99. The number of benzene rings is 2. The molecular formula is C16H15ClN2O3. The first-order chi connectivity index (χ1) is 10.5. The Morgan fingerprint density at radius 2 is 1.95 bits per heavy atom. The second-order valence-corrected chi connectivity index (χ2v) is 5.11. The fourth-order valence-corrected chi connectivity index (χ4v) is 2.02. The van der Waals surface area contributed by atoms with Gasteiger partial charge in [-0.25, -0.2) is 4.79 Å². The molecule has 22 heavy (non-hydrogen) atoms. The van der Waals surface area contributed by atoms with Crippen molar-refractivity contribution in [3.8, 4) is 0 Å². The monoisotopic (exact) mass is 318 g/mol. The Morgan fingerprint density at radius 1 is 1.23 bits per heavy atom. The summed E-state index contributed by atoms with van der Waals surface area (Å²) in [4.78, 5) is 23.7. The Labute approximate surface area is 133 Å². The number of hydrogen-bond donors (Lipinski definition) is 2. The van der Waals surface area contributed by atoms with Crippen LogP contribution in [0.25, 0.3) is 0 Å². The van der Waals surface area contributed by atoms with Crippen molar-refractivity contribution in [1.82, 2.24) is 0 Å². The van der Waals surface area contributed by atoms with Gasteiger partial charge in [-0.05, 0) is 36.8 Å². The van der Waals surface area contributed by atoms with Crippen molar-refractivity contribution in [3.05, 3.63) is 58.6 Å². The minimum Gasteiger partial charge on any atom is -0.452 e. The molecule has 0 bridgehead atoms. The lowest BCUT2D eigenvalue weighted by atomic mass is 10.1. The Bertz CT molecular complexity index is 716. The number of hydrogen-bond acceptors (Lipinski definition) is 4. The van der Waals surface area contributed by atoms with E-state index in [9.17, 15) is 9.59 Å². The van der Waals surface area contributed by atoms with Crippen LogP contribution >= 0.6 is 11.6 Å². The normalized spacial score (nSPS) is 10.1. The molecule has 114 valence electrons. The molecule has 0 aromatic heterocycles. The molecule has 3 N–H and O–H groups in total. The summed E-state index contributed by atoms with van der Waals surface area (Å²) in [5.74, 6) is -1.09. The Morgan fingerprint density at radius 3 is 2.68 bits per heavy atom. The molecule has 0 saturated heterocycles. The lowest BCUT2D eigenvalue weighted by Gasteiger charge is -2.09. The molecule has 0 fully saturated rings. The van der Waals surface area contributed by atoms with Gasteiger partial charge in [-0.3, -0.25) is 4.79 Å². The molecule has 0 heterocycles. The van der Waals surface area contributed by atoms with Gasteiger partial charge in [-0.2, -0.15) is 0 Å². The summed E-state index contributed by atoms with van der Waals surface area (Å²) in [5.41, 5.74) is 7.72. The fourth-order valence-electron chi connectivity index (χ4n) is 1.83.